The zero-order valence-corrected chi connectivity index (χ0v) is 21.9. The lowest BCUT2D eigenvalue weighted by Gasteiger charge is -2.41. The van der Waals surface area contributed by atoms with Gasteiger partial charge >= 0.3 is 5.97 Å². The number of carbonyl (C=O) groups is 2. The smallest absolute Gasteiger partial charge is 0.331 e. The van der Waals surface area contributed by atoms with E-state index in [-0.39, 0.29) is 40.8 Å². The second kappa shape index (κ2) is 12.1. The van der Waals surface area contributed by atoms with Crippen molar-refractivity contribution in [2.75, 3.05) is 6.61 Å². The quantitative estimate of drug-likeness (QED) is 0.176. The van der Waals surface area contributed by atoms with Crippen molar-refractivity contribution in [2.24, 2.45) is 0 Å². The second-order valence-corrected chi connectivity index (χ2v) is 9.79. The number of ether oxygens (including phenoxy) is 4. The summed E-state index contributed by atoms with van der Waals surface area (Å²) in [5.74, 6) is -1.73. The van der Waals surface area contributed by atoms with Gasteiger partial charge in [-0.05, 0) is 41.5 Å². The van der Waals surface area contributed by atoms with Crippen LogP contribution in [0, 0.1) is 0 Å². The summed E-state index contributed by atoms with van der Waals surface area (Å²) in [6, 6.07) is 14.5. The van der Waals surface area contributed by atoms with Gasteiger partial charge in [-0.25, -0.2) is 4.79 Å². The molecule has 220 valence electrons. The number of fused-ring (bicyclic) bond motifs is 1. The van der Waals surface area contributed by atoms with Gasteiger partial charge in [0.1, 0.15) is 52.6 Å². The molecule has 6 N–H and O–H groups in total. The van der Waals surface area contributed by atoms with Gasteiger partial charge in [-0.3, -0.25) is 4.79 Å². The molecule has 3 aromatic rings. The highest BCUT2D eigenvalue weighted by atomic mass is 16.7. The summed E-state index contributed by atoms with van der Waals surface area (Å²) in [6.07, 6.45) is -6.09. The van der Waals surface area contributed by atoms with Crippen molar-refractivity contribution in [1.82, 2.24) is 0 Å². The molecule has 12 nitrogen and oxygen atoms in total. The first kappa shape index (κ1) is 28.9. The normalized spacial score (nSPS) is 25.5. The standard InChI is InChI=1S/C30H28O12/c31-14-24-27(37)29(42-25(36)10-3-15-1-6-17(32)7-2-15)28(38)30(41-24)39-19-11-20(34)26-21(35)13-22(40-23(26)12-19)16-4-8-18(33)9-5-16/h1-12,22,24,27-34,37-38H,13-14H2/t22-,24+,27+,28+,29-,30+/m0/s1. The highest BCUT2D eigenvalue weighted by Crippen LogP contribution is 2.42. The molecule has 6 atom stereocenters. The molecular formula is C30H28O12. The molecule has 1 fully saturated rings. The summed E-state index contributed by atoms with van der Waals surface area (Å²) in [4.78, 5) is 25.3. The van der Waals surface area contributed by atoms with Gasteiger partial charge in [0.2, 0.25) is 6.29 Å². The van der Waals surface area contributed by atoms with E-state index in [2.05, 4.69) is 0 Å². The summed E-state index contributed by atoms with van der Waals surface area (Å²) in [5, 5.41) is 60.8. The Morgan fingerprint density at radius 1 is 0.952 bits per heavy atom. The minimum Gasteiger partial charge on any atom is -0.508 e. The Balaban J connectivity index is 1.33. The molecule has 2 aliphatic heterocycles. The van der Waals surface area contributed by atoms with Gasteiger partial charge in [0, 0.05) is 18.2 Å². The Morgan fingerprint density at radius 2 is 1.62 bits per heavy atom. The van der Waals surface area contributed by atoms with E-state index in [1.807, 2.05) is 0 Å². The van der Waals surface area contributed by atoms with Gasteiger partial charge in [0.25, 0.3) is 0 Å². The number of aliphatic hydroxyl groups excluding tert-OH is 3. The molecule has 0 unspecified atom stereocenters. The lowest BCUT2D eigenvalue weighted by atomic mass is 9.95. The molecular weight excluding hydrogens is 552 g/mol. The Morgan fingerprint density at radius 3 is 2.29 bits per heavy atom. The molecule has 0 bridgehead atoms. The Hall–Kier alpha value is -4.62. The number of phenolic OH excluding ortho intramolecular Hbond substituents is 3. The van der Waals surface area contributed by atoms with Crippen molar-refractivity contribution < 1.29 is 59.2 Å². The van der Waals surface area contributed by atoms with Crippen molar-refractivity contribution >= 4 is 17.8 Å². The fourth-order valence-electron chi connectivity index (χ4n) is 4.70. The van der Waals surface area contributed by atoms with E-state index in [4.69, 9.17) is 18.9 Å². The average Bonchev–Trinajstić information content (AvgIpc) is 2.96. The van der Waals surface area contributed by atoms with Crippen LogP contribution in [-0.2, 0) is 14.3 Å². The van der Waals surface area contributed by atoms with E-state index in [9.17, 15) is 40.2 Å². The van der Waals surface area contributed by atoms with Crippen LogP contribution in [0.15, 0.2) is 66.7 Å². The van der Waals surface area contributed by atoms with E-state index in [1.54, 1.807) is 24.3 Å². The van der Waals surface area contributed by atoms with Gasteiger partial charge in [-0.1, -0.05) is 24.3 Å². The predicted octanol–water partition coefficient (Wildman–Crippen LogP) is 1.95. The molecule has 12 heteroatoms. The van der Waals surface area contributed by atoms with Crippen LogP contribution in [0.3, 0.4) is 0 Å². The summed E-state index contributed by atoms with van der Waals surface area (Å²) in [5.41, 5.74) is 1.14. The largest absolute Gasteiger partial charge is 0.508 e. The average molecular weight is 581 g/mol. The topological polar surface area (TPSA) is 192 Å². The van der Waals surface area contributed by atoms with E-state index in [0.717, 1.165) is 12.1 Å². The molecule has 42 heavy (non-hydrogen) atoms. The zero-order valence-electron chi connectivity index (χ0n) is 21.9. The lowest BCUT2D eigenvalue weighted by molar-refractivity contribution is -0.280. The van der Waals surface area contributed by atoms with Crippen LogP contribution in [0.2, 0.25) is 0 Å². The van der Waals surface area contributed by atoms with Gasteiger partial charge in [0.15, 0.2) is 18.0 Å². The summed E-state index contributed by atoms with van der Waals surface area (Å²) < 4.78 is 22.5. The van der Waals surface area contributed by atoms with Crippen LogP contribution in [0.4, 0.5) is 0 Å². The Labute approximate surface area is 239 Å². The molecule has 0 saturated carbocycles. The Bertz CT molecular complexity index is 1470. The number of hydrogen-bond donors (Lipinski definition) is 6. The molecule has 0 aliphatic carbocycles. The molecule has 5 rings (SSSR count). The number of hydrogen-bond acceptors (Lipinski definition) is 12. The minimum absolute atomic E-state index is 0.00529. The van der Waals surface area contributed by atoms with Crippen molar-refractivity contribution in [2.45, 2.75) is 43.2 Å². The van der Waals surface area contributed by atoms with E-state index in [0.29, 0.717) is 11.1 Å². The Kier molecular flexibility index (Phi) is 8.31. The minimum atomic E-state index is -1.74. The first-order valence-corrected chi connectivity index (χ1v) is 13.0. The molecule has 3 aromatic carbocycles. The van der Waals surface area contributed by atoms with Crippen LogP contribution >= 0.6 is 0 Å². The summed E-state index contributed by atoms with van der Waals surface area (Å²) in [6.45, 7) is -0.702. The lowest BCUT2D eigenvalue weighted by Crippen LogP contribution is -2.61. The van der Waals surface area contributed by atoms with Crippen molar-refractivity contribution in [3.63, 3.8) is 0 Å². The van der Waals surface area contributed by atoms with E-state index < -0.39 is 55.1 Å². The number of aromatic hydroxyl groups is 3. The third-order valence-corrected chi connectivity index (χ3v) is 6.87. The van der Waals surface area contributed by atoms with Gasteiger partial charge < -0.3 is 49.6 Å². The number of aliphatic hydroxyl groups is 3. The number of carbonyl (C=O) groups excluding carboxylic acids is 2. The SMILES string of the molecule is O=C(C=Cc1ccc(O)cc1)O[C@@H]1[C@@H](O)[C@H](Oc2cc(O)c3c(c2)O[C@H](c2ccc(O)cc2)CC3=O)O[C@H](CO)[C@H]1O. The van der Waals surface area contributed by atoms with Crippen LogP contribution < -0.4 is 9.47 Å². The third kappa shape index (κ3) is 6.16. The zero-order chi connectivity index (χ0) is 30.0. The fraction of sp³-hybridized carbons (Fsp3) is 0.267. The van der Waals surface area contributed by atoms with Crippen LogP contribution in [-0.4, -0.2) is 79.7 Å². The number of rotatable bonds is 7. The van der Waals surface area contributed by atoms with Crippen molar-refractivity contribution in [3.8, 4) is 28.7 Å². The summed E-state index contributed by atoms with van der Waals surface area (Å²) >= 11 is 0. The summed E-state index contributed by atoms with van der Waals surface area (Å²) in [7, 11) is 0. The van der Waals surface area contributed by atoms with Crippen LogP contribution in [0.1, 0.15) is 34.0 Å². The van der Waals surface area contributed by atoms with E-state index >= 15 is 0 Å². The first-order chi connectivity index (χ1) is 20.1. The van der Waals surface area contributed by atoms with E-state index in [1.165, 1.54) is 36.4 Å². The number of phenols is 3. The molecule has 0 radical (unpaired) electrons. The number of ketones is 1. The number of Topliss-reactive ketones (excluding diaryl/α,β-unsaturated/α-hetero) is 1. The maximum absolute atomic E-state index is 12.8. The highest BCUT2D eigenvalue weighted by molar-refractivity contribution is 6.02. The molecule has 0 spiro atoms. The monoisotopic (exact) mass is 580 g/mol. The molecule has 1 saturated heterocycles. The van der Waals surface area contributed by atoms with Gasteiger partial charge in [0.05, 0.1) is 13.0 Å². The van der Waals surface area contributed by atoms with Crippen LogP contribution in [0.25, 0.3) is 6.08 Å². The third-order valence-electron chi connectivity index (χ3n) is 6.87. The first-order valence-electron chi connectivity index (χ1n) is 13.0. The molecule has 0 amide bonds. The fourth-order valence-corrected chi connectivity index (χ4v) is 4.70. The maximum Gasteiger partial charge on any atom is 0.331 e. The molecule has 0 aromatic heterocycles. The highest BCUT2D eigenvalue weighted by Gasteiger charge is 2.48. The van der Waals surface area contributed by atoms with Gasteiger partial charge in [-0.15, -0.1) is 0 Å². The number of esters is 1. The number of benzene rings is 3. The van der Waals surface area contributed by atoms with Crippen molar-refractivity contribution in [1.29, 1.82) is 0 Å². The van der Waals surface area contributed by atoms with Gasteiger partial charge in [-0.2, -0.15) is 0 Å². The molecule has 2 heterocycles. The second-order valence-electron chi connectivity index (χ2n) is 9.79. The van der Waals surface area contributed by atoms with Crippen molar-refractivity contribution in [3.05, 3.63) is 83.4 Å². The maximum atomic E-state index is 12.8. The predicted molar refractivity (Wildman–Crippen MR) is 144 cm³/mol. The van der Waals surface area contributed by atoms with Crippen LogP contribution in [0.5, 0.6) is 28.7 Å². The molecule has 2 aliphatic rings.